The number of nitrogens with zero attached hydrogens (tertiary/aromatic N) is 7. The van der Waals surface area contributed by atoms with Gasteiger partial charge in [0, 0.05) is 67.0 Å². The minimum absolute atomic E-state index is 0.252. The molecule has 2 aliphatic heterocycles. The molecule has 0 radical (unpaired) electrons. The van der Waals surface area contributed by atoms with Crippen LogP contribution in [0.25, 0.3) is 26.9 Å². The molecule has 8 rings (SSSR count). The number of pyridine rings is 3. The normalized spacial score (nSPS) is 17.0. The molecule has 3 aliphatic rings. The van der Waals surface area contributed by atoms with Gasteiger partial charge in [-0.2, -0.15) is 9.78 Å². The molecule has 0 unspecified atom stereocenters. The molecule has 5 aromatic rings. The lowest BCUT2D eigenvalue weighted by molar-refractivity contribution is -0.0660. The summed E-state index contributed by atoms with van der Waals surface area (Å²) in [6.45, 7) is 5.47. The minimum Gasteiger partial charge on any atom is -0.378 e. The Kier molecular flexibility index (Phi) is 7.66. The number of rotatable bonds is 7. The summed E-state index contributed by atoms with van der Waals surface area (Å²) in [5, 5.41) is 8.56. The third kappa shape index (κ3) is 5.33. The summed E-state index contributed by atoms with van der Waals surface area (Å²) < 4.78 is 8.70. The van der Waals surface area contributed by atoms with Crippen LogP contribution in [0.2, 0.25) is 0 Å². The van der Waals surface area contributed by atoms with Gasteiger partial charge in [0.05, 0.1) is 54.8 Å². The Hall–Kier alpha value is -4.72. The van der Waals surface area contributed by atoms with Crippen molar-refractivity contribution in [1.82, 2.24) is 29.2 Å². The molecule has 0 bridgehead atoms. The van der Waals surface area contributed by atoms with Crippen LogP contribution >= 0.6 is 11.3 Å². The van der Waals surface area contributed by atoms with Gasteiger partial charge in [0.2, 0.25) is 0 Å². The van der Waals surface area contributed by atoms with Crippen LogP contribution in [0.4, 0.5) is 17.2 Å². The third-order valence-corrected chi connectivity index (χ3v) is 10.8. The molecule has 1 aliphatic carbocycles. The van der Waals surface area contributed by atoms with Crippen molar-refractivity contribution >= 4 is 44.9 Å². The molecule has 2 fully saturated rings. The summed E-state index contributed by atoms with van der Waals surface area (Å²) in [5.74, 6) is 0.526. The van der Waals surface area contributed by atoms with E-state index in [1.54, 1.807) is 31.7 Å². The van der Waals surface area contributed by atoms with Crippen LogP contribution in [-0.4, -0.2) is 80.9 Å². The number of ether oxygens (including phenoxy) is 1. The van der Waals surface area contributed by atoms with Crippen LogP contribution < -0.4 is 21.3 Å². The van der Waals surface area contributed by atoms with Crippen molar-refractivity contribution in [2.24, 2.45) is 7.05 Å². The summed E-state index contributed by atoms with van der Waals surface area (Å²) in [4.78, 5) is 54.5. The fourth-order valence-corrected chi connectivity index (χ4v) is 8.10. The second-order valence-corrected chi connectivity index (χ2v) is 13.5. The number of nitrogens with one attached hydrogen (secondary N) is 1. The highest BCUT2D eigenvalue weighted by atomic mass is 32.1. The summed E-state index contributed by atoms with van der Waals surface area (Å²) in [5.41, 5.74) is 3.64. The molecule has 2 saturated heterocycles. The van der Waals surface area contributed by atoms with E-state index >= 15 is 0 Å². The Bertz CT molecular complexity index is 2110. The zero-order chi connectivity index (χ0) is 32.1. The molecule has 0 aromatic carbocycles. The smallest absolute Gasteiger partial charge is 0.289 e. The first-order chi connectivity index (χ1) is 23.0. The van der Waals surface area contributed by atoms with Crippen molar-refractivity contribution in [3.05, 3.63) is 85.9 Å². The van der Waals surface area contributed by atoms with Crippen molar-refractivity contribution in [3.63, 3.8) is 0 Å². The lowest BCUT2D eigenvalue weighted by atomic mass is 9.97. The largest absolute Gasteiger partial charge is 0.378 e. The van der Waals surface area contributed by atoms with Crippen LogP contribution in [0, 0.1) is 0 Å². The van der Waals surface area contributed by atoms with Crippen LogP contribution in [0.5, 0.6) is 0 Å². The Morgan fingerprint density at radius 2 is 1.83 bits per heavy atom. The Balaban J connectivity index is 1.08. The van der Waals surface area contributed by atoms with Crippen molar-refractivity contribution < 1.29 is 9.53 Å². The van der Waals surface area contributed by atoms with E-state index in [4.69, 9.17) is 4.74 Å². The number of aromatic nitrogens is 5. The predicted molar refractivity (Wildman–Crippen MR) is 182 cm³/mol. The highest BCUT2D eigenvalue weighted by Crippen LogP contribution is 2.35. The van der Waals surface area contributed by atoms with Gasteiger partial charge < -0.3 is 19.5 Å². The molecule has 5 aromatic heterocycles. The maximum atomic E-state index is 13.7. The number of carbonyl (C=O) groups excluding carboxylic acids is 1. The maximum absolute atomic E-state index is 13.7. The molecule has 0 amide bonds. The van der Waals surface area contributed by atoms with E-state index in [0.717, 1.165) is 76.1 Å². The molecule has 1 N–H and O–H groups in total. The highest BCUT2D eigenvalue weighted by molar-refractivity contribution is 7.19. The van der Waals surface area contributed by atoms with Gasteiger partial charge in [0.1, 0.15) is 16.2 Å². The van der Waals surface area contributed by atoms with Gasteiger partial charge in [0.15, 0.2) is 6.29 Å². The molecular weight excluding hydrogens is 616 g/mol. The van der Waals surface area contributed by atoms with E-state index in [-0.39, 0.29) is 16.7 Å². The first-order valence-corrected chi connectivity index (χ1v) is 16.8. The second kappa shape index (κ2) is 12.1. The van der Waals surface area contributed by atoms with Gasteiger partial charge in [0.25, 0.3) is 11.1 Å². The number of hydrogen-bond acceptors (Lipinski definition) is 11. The molecule has 7 heterocycles. The number of hydrogen-bond donors (Lipinski definition) is 1. The topological polar surface area (TPSA) is 127 Å². The van der Waals surface area contributed by atoms with Crippen molar-refractivity contribution in [1.29, 1.82) is 0 Å². The fraction of sp³-hybridized carbons (Fsp3) is 0.353. The van der Waals surface area contributed by atoms with Gasteiger partial charge >= 0.3 is 0 Å². The highest BCUT2D eigenvalue weighted by Gasteiger charge is 2.29. The molecular formula is C34H34N8O4S. The molecule has 0 atom stereocenters. The van der Waals surface area contributed by atoms with E-state index in [0.29, 0.717) is 45.3 Å². The van der Waals surface area contributed by atoms with E-state index in [1.807, 2.05) is 18.3 Å². The van der Waals surface area contributed by atoms with Crippen LogP contribution in [0.15, 0.2) is 58.8 Å². The van der Waals surface area contributed by atoms with E-state index in [1.165, 1.54) is 37.2 Å². The number of carbonyl (C=O) groups is 1. The predicted octanol–water partition coefficient (Wildman–Crippen LogP) is 3.56. The molecule has 240 valence electrons. The van der Waals surface area contributed by atoms with Crippen LogP contribution in [-0.2, 0) is 24.6 Å². The number of fused-ring (bicyclic) bond motifs is 3. The number of aldehydes is 1. The first kappa shape index (κ1) is 29.7. The summed E-state index contributed by atoms with van der Waals surface area (Å²) in [6.07, 6.45) is 13.1. The number of anilines is 3. The van der Waals surface area contributed by atoms with Gasteiger partial charge in [-0.15, -0.1) is 11.3 Å². The standard InChI is InChI=1S/C34H34N8O4S/c1-39-17-21(12-28(33(39)44)38-31-7-6-22(13-36-31)40-8-10-41(11-9-40)23-19-46-20-23)25-14-35-16-29(27(25)18-43)42-34(45)32-26(15-37-42)24-4-2-3-5-30(24)47-32/h6-7,12-18,23H,2-5,8-11,19-20H2,1H3,(H,36,38). The quantitative estimate of drug-likeness (QED) is 0.261. The number of piperazine rings is 1. The number of aryl methyl sites for hydroxylation is 3. The van der Waals surface area contributed by atoms with Crippen LogP contribution in [0.3, 0.4) is 0 Å². The van der Waals surface area contributed by atoms with Gasteiger partial charge in [-0.25, -0.2) is 4.98 Å². The van der Waals surface area contributed by atoms with E-state index in [9.17, 15) is 14.4 Å². The minimum atomic E-state index is -0.267. The Morgan fingerprint density at radius 3 is 2.57 bits per heavy atom. The Morgan fingerprint density at radius 1 is 1.00 bits per heavy atom. The summed E-state index contributed by atoms with van der Waals surface area (Å²) >= 11 is 1.53. The monoisotopic (exact) mass is 650 g/mol. The molecule has 0 saturated carbocycles. The van der Waals surface area contributed by atoms with Gasteiger partial charge in [-0.1, -0.05) is 0 Å². The lowest BCUT2D eigenvalue weighted by Crippen LogP contribution is -2.56. The fourth-order valence-electron chi connectivity index (χ4n) is 6.82. The zero-order valence-corrected chi connectivity index (χ0v) is 26.8. The van der Waals surface area contributed by atoms with Gasteiger partial charge in [-0.05, 0) is 49.4 Å². The first-order valence-electron chi connectivity index (χ1n) is 16.0. The van der Waals surface area contributed by atoms with Gasteiger partial charge in [-0.3, -0.25) is 24.3 Å². The molecule has 0 spiro atoms. The summed E-state index contributed by atoms with van der Waals surface area (Å²) in [6, 6.07) is 6.10. The van der Waals surface area contributed by atoms with Crippen molar-refractivity contribution in [3.8, 4) is 16.8 Å². The molecule has 12 nitrogen and oxygen atoms in total. The molecule has 13 heteroatoms. The summed E-state index contributed by atoms with van der Waals surface area (Å²) in [7, 11) is 1.65. The lowest BCUT2D eigenvalue weighted by Gasteiger charge is -2.43. The maximum Gasteiger partial charge on any atom is 0.289 e. The second-order valence-electron chi connectivity index (χ2n) is 12.4. The van der Waals surface area contributed by atoms with E-state index < -0.39 is 0 Å². The van der Waals surface area contributed by atoms with E-state index in [2.05, 4.69) is 30.2 Å². The average molecular weight is 651 g/mol. The van der Waals surface area contributed by atoms with Crippen LogP contribution in [0.1, 0.15) is 33.6 Å². The third-order valence-electron chi connectivity index (χ3n) is 9.53. The average Bonchev–Trinajstić information content (AvgIpc) is 3.46. The SMILES string of the molecule is Cn1cc(-c2cncc(-n3ncc4c5c(sc4c3=O)CCCC5)c2C=O)cc(Nc2ccc(N3CCN(C4COC4)CC3)cn2)c1=O. The van der Waals surface area contributed by atoms with Crippen molar-refractivity contribution in [2.45, 2.75) is 31.7 Å². The zero-order valence-electron chi connectivity index (χ0n) is 26.0. The van der Waals surface area contributed by atoms with Crippen molar-refractivity contribution in [2.75, 3.05) is 49.6 Å². The Labute approximate surface area is 274 Å². The number of thiophene rings is 1. The molecule has 47 heavy (non-hydrogen) atoms.